The van der Waals surface area contributed by atoms with Gasteiger partial charge in [-0.25, -0.2) is 0 Å². The quantitative estimate of drug-likeness (QED) is 0.443. The van der Waals surface area contributed by atoms with Gasteiger partial charge in [0.2, 0.25) is 0 Å². The van der Waals surface area contributed by atoms with Crippen LogP contribution in [0.3, 0.4) is 0 Å². The summed E-state index contributed by atoms with van der Waals surface area (Å²) in [4.78, 5) is 0. The average molecular weight is 253 g/mol. The van der Waals surface area contributed by atoms with Gasteiger partial charge in [0, 0.05) is 0 Å². The molecule has 0 aromatic carbocycles. The molecule has 0 N–H and O–H groups in total. The molecule has 1 heteroatoms. The van der Waals surface area contributed by atoms with Gasteiger partial charge >= 0.3 is 75.0 Å². The Labute approximate surface area is 75.0 Å². The normalized spacial score (nSPS) is 42.5. The van der Waals surface area contributed by atoms with E-state index in [2.05, 4.69) is 20.8 Å². The molecule has 0 spiro atoms. The van der Waals surface area contributed by atoms with Crippen molar-refractivity contribution in [2.75, 3.05) is 0 Å². The van der Waals surface area contributed by atoms with Crippen LogP contribution in [0.4, 0.5) is 0 Å². The second-order valence-corrected chi connectivity index (χ2v) is 7.83. The Morgan fingerprint density at radius 3 is 2.50 bits per heavy atom. The van der Waals surface area contributed by atoms with Crippen molar-refractivity contribution in [3.63, 3.8) is 0 Å². The van der Waals surface area contributed by atoms with Gasteiger partial charge in [-0.1, -0.05) is 0 Å². The minimum atomic E-state index is 0.546. The third kappa shape index (κ3) is 2.11. The SMILES string of the molecule is CCC1[I-]C(C)CCC1C. The van der Waals surface area contributed by atoms with Crippen molar-refractivity contribution >= 4 is 0 Å². The van der Waals surface area contributed by atoms with E-state index in [9.17, 15) is 0 Å². The zero-order chi connectivity index (χ0) is 7.56. The monoisotopic (exact) mass is 253 g/mol. The molecule has 1 fully saturated rings. The van der Waals surface area contributed by atoms with Crippen LogP contribution in [0.5, 0.6) is 0 Å². The summed E-state index contributed by atoms with van der Waals surface area (Å²) in [5.74, 6) is 1.05. The van der Waals surface area contributed by atoms with Crippen LogP contribution in [-0.4, -0.2) is 7.85 Å². The molecule has 0 nitrogen and oxygen atoms in total. The van der Waals surface area contributed by atoms with Crippen LogP contribution >= 0.6 is 0 Å². The first-order valence-corrected chi connectivity index (χ1v) is 6.85. The molecule has 0 radical (unpaired) electrons. The van der Waals surface area contributed by atoms with E-state index >= 15 is 0 Å². The summed E-state index contributed by atoms with van der Waals surface area (Å²) in [6, 6.07) is 0. The molecule has 1 aliphatic heterocycles. The molecule has 10 heavy (non-hydrogen) atoms. The van der Waals surface area contributed by atoms with Gasteiger partial charge in [-0.3, -0.25) is 0 Å². The van der Waals surface area contributed by atoms with E-state index in [1.54, 1.807) is 0 Å². The third-order valence-electron chi connectivity index (χ3n) is 2.40. The molecule has 3 atom stereocenters. The van der Waals surface area contributed by atoms with Crippen molar-refractivity contribution in [1.82, 2.24) is 0 Å². The second-order valence-electron chi connectivity index (χ2n) is 3.39. The van der Waals surface area contributed by atoms with Crippen LogP contribution in [-0.2, 0) is 0 Å². The molecule has 0 saturated carbocycles. The molecule has 1 saturated heterocycles. The minimum absolute atomic E-state index is 0.546. The van der Waals surface area contributed by atoms with Crippen LogP contribution < -0.4 is 21.2 Å². The number of halogens is 1. The van der Waals surface area contributed by atoms with Crippen molar-refractivity contribution in [1.29, 1.82) is 0 Å². The Hall–Kier alpha value is 0.730. The Morgan fingerprint density at radius 2 is 2.00 bits per heavy atom. The van der Waals surface area contributed by atoms with Crippen molar-refractivity contribution in [2.45, 2.75) is 47.9 Å². The summed E-state index contributed by atoms with van der Waals surface area (Å²) in [5.41, 5.74) is 0. The molecule has 0 aromatic rings. The topological polar surface area (TPSA) is 0 Å². The third-order valence-corrected chi connectivity index (χ3v) is 7.29. The van der Waals surface area contributed by atoms with Gasteiger partial charge in [0.1, 0.15) is 0 Å². The zero-order valence-corrected chi connectivity index (χ0v) is 9.39. The van der Waals surface area contributed by atoms with Gasteiger partial charge < -0.3 is 0 Å². The number of hydrogen-bond acceptors (Lipinski definition) is 0. The van der Waals surface area contributed by atoms with E-state index < -0.39 is 0 Å². The molecule has 0 bridgehead atoms. The molecule has 3 unspecified atom stereocenters. The summed E-state index contributed by atoms with van der Waals surface area (Å²) in [6.45, 7) is 7.25. The fraction of sp³-hybridized carbons (Fsp3) is 1.00. The van der Waals surface area contributed by atoms with Crippen molar-refractivity contribution in [3.8, 4) is 0 Å². The van der Waals surface area contributed by atoms with Crippen LogP contribution in [0, 0.1) is 5.92 Å². The van der Waals surface area contributed by atoms with E-state index in [1.807, 2.05) is 0 Å². The number of alkyl halides is 2. The van der Waals surface area contributed by atoms with E-state index in [0.717, 1.165) is 13.8 Å². The number of hydrogen-bond donors (Lipinski definition) is 0. The maximum atomic E-state index is 2.45. The summed E-state index contributed by atoms with van der Waals surface area (Å²) in [7, 11) is 0. The Kier molecular flexibility index (Phi) is 3.47. The molecular weight excluding hydrogens is 235 g/mol. The van der Waals surface area contributed by atoms with Gasteiger partial charge in [-0.15, -0.1) is 0 Å². The summed E-state index contributed by atoms with van der Waals surface area (Å²) in [5, 5.41) is 0. The molecule has 0 aliphatic carbocycles. The van der Waals surface area contributed by atoms with E-state index in [4.69, 9.17) is 0 Å². The summed E-state index contributed by atoms with van der Waals surface area (Å²) < 4.78 is 2.25. The average Bonchev–Trinajstić information content (AvgIpc) is 1.94. The van der Waals surface area contributed by atoms with E-state index in [1.165, 1.54) is 19.3 Å². The molecule has 1 rings (SSSR count). The van der Waals surface area contributed by atoms with Crippen molar-refractivity contribution < 1.29 is 21.2 Å². The molecule has 1 heterocycles. The van der Waals surface area contributed by atoms with Gasteiger partial charge in [-0.2, -0.15) is 0 Å². The number of rotatable bonds is 1. The van der Waals surface area contributed by atoms with Gasteiger partial charge in [0.25, 0.3) is 0 Å². The molecule has 62 valence electrons. The Balaban J connectivity index is 2.38. The first-order chi connectivity index (χ1) is 4.74. The molecule has 0 aromatic heterocycles. The summed E-state index contributed by atoms with van der Waals surface area (Å²) >= 11 is 0.546. The van der Waals surface area contributed by atoms with Crippen molar-refractivity contribution in [3.05, 3.63) is 0 Å². The predicted octanol–water partition coefficient (Wildman–Crippen LogP) is -0.328. The zero-order valence-electron chi connectivity index (χ0n) is 7.23. The first kappa shape index (κ1) is 8.82. The predicted molar refractivity (Wildman–Crippen MR) is 41.9 cm³/mol. The van der Waals surface area contributed by atoms with Crippen LogP contribution in [0.25, 0.3) is 0 Å². The van der Waals surface area contributed by atoms with Gasteiger partial charge in [0.05, 0.1) is 0 Å². The van der Waals surface area contributed by atoms with Crippen LogP contribution in [0.2, 0.25) is 0 Å². The molecule has 0 amide bonds. The fourth-order valence-electron chi connectivity index (χ4n) is 1.63. The Morgan fingerprint density at radius 1 is 1.30 bits per heavy atom. The van der Waals surface area contributed by atoms with Crippen LogP contribution in [0.15, 0.2) is 0 Å². The van der Waals surface area contributed by atoms with E-state index in [0.29, 0.717) is 21.2 Å². The standard InChI is InChI=1S/C9H18I/c1-4-9-7(2)5-6-8(3)10-9/h7-9H,4-6H2,1-3H3/q-1. The van der Waals surface area contributed by atoms with Crippen LogP contribution in [0.1, 0.15) is 40.0 Å². The summed E-state index contributed by atoms with van der Waals surface area (Å²) in [6.07, 6.45) is 4.46. The fourth-order valence-corrected chi connectivity index (χ4v) is 5.50. The van der Waals surface area contributed by atoms with Gasteiger partial charge in [0.15, 0.2) is 0 Å². The van der Waals surface area contributed by atoms with E-state index in [-0.39, 0.29) is 0 Å². The molecular formula is C9H18I-. The molecule has 1 aliphatic rings. The van der Waals surface area contributed by atoms with Gasteiger partial charge in [-0.05, 0) is 0 Å². The maximum absolute atomic E-state index is 2.45. The van der Waals surface area contributed by atoms with Crippen molar-refractivity contribution in [2.24, 2.45) is 5.92 Å². The Bertz CT molecular complexity index is 101. The first-order valence-electron chi connectivity index (χ1n) is 4.36. The second kappa shape index (κ2) is 3.93.